The van der Waals surface area contributed by atoms with Crippen molar-refractivity contribution in [2.45, 2.75) is 12.5 Å². The summed E-state index contributed by atoms with van der Waals surface area (Å²) in [6.45, 7) is 1.35. The molecule has 0 unspecified atom stereocenters. The maximum atomic E-state index is 5.00. The summed E-state index contributed by atoms with van der Waals surface area (Å²) in [5.41, 5.74) is 9.04. The molecule has 2 aromatic rings. The van der Waals surface area contributed by atoms with E-state index in [2.05, 4.69) is 64.2 Å². The van der Waals surface area contributed by atoms with E-state index in [-0.39, 0.29) is 6.04 Å². The molecule has 0 saturated carbocycles. The van der Waals surface area contributed by atoms with Gasteiger partial charge in [-0.2, -0.15) is 0 Å². The lowest BCUT2D eigenvalue weighted by Crippen LogP contribution is -2.37. The second-order valence-electron chi connectivity index (χ2n) is 4.55. The van der Waals surface area contributed by atoms with E-state index in [0.29, 0.717) is 6.61 Å². The maximum absolute atomic E-state index is 5.00. The third-order valence-corrected chi connectivity index (χ3v) is 3.08. The number of nitrogens with one attached hydrogen (secondary N) is 2. The van der Waals surface area contributed by atoms with Gasteiger partial charge < -0.3 is 4.84 Å². The van der Waals surface area contributed by atoms with E-state index in [0.717, 1.165) is 13.0 Å². The molecule has 4 heteroatoms. The van der Waals surface area contributed by atoms with Crippen LogP contribution in [-0.2, 0) is 4.84 Å². The summed E-state index contributed by atoms with van der Waals surface area (Å²) in [6.07, 6.45) is 0.861. The molecular weight excluding hydrogens is 250 g/mol. The molecule has 2 aromatic carbocycles. The Morgan fingerprint density at radius 1 is 0.900 bits per heavy atom. The van der Waals surface area contributed by atoms with Crippen molar-refractivity contribution in [2.75, 3.05) is 13.2 Å². The average molecular weight is 271 g/mol. The van der Waals surface area contributed by atoms with Crippen LogP contribution in [0.2, 0.25) is 0 Å². The molecule has 0 bridgehead atoms. The van der Waals surface area contributed by atoms with Gasteiger partial charge in [0, 0.05) is 6.54 Å². The topological polar surface area (TPSA) is 59.3 Å². The molecule has 4 N–H and O–H groups in total. The third kappa shape index (κ3) is 4.43. The number of hydrogen-bond donors (Lipinski definition) is 3. The number of hydrogen-bond acceptors (Lipinski definition) is 4. The van der Waals surface area contributed by atoms with Gasteiger partial charge in [-0.15, -0.1) is 0 Å². The molecule has 0 heterocycles. The van der Waals surface area contributed by atoms with Crippen molar-refractivity contribution in [1.29, 1.82) is 0 Å². The summed E-state index contributed by atoms with van der Waals surface area (Å²) in [5, 5.41) is 0. The van der Waals surface area contributed by atoms with Crippen LogP contribution in [0.15, 0.2) is 60.7 Å². The third-order valence-electron chi connectivity index (χ3n) is 3.08. The summed E-state index contributed by atoms with van der Waals surface area (Å²) in [7, 11) is 0. The summed E-state index contributed by atoms with van der Waals surface area (Å²) in [4.78, 5) is 4.55. The largest absolute Gasteiger partial charge is 0.305 e. The fourth-order valence-electron chi connectivity index (χ4n) is 2.07. The summed E-state index contributed by atoms with van der Waals surface area (Å²) >= 11 is 0. The van der Waals surface area contributed by atoms with Crippen molar-refractivity contribution in [1.82, 2.24) is 10.9 Å². The minimum absolute atomic E-state index is 0.121. The molecule has 106 valence electrons. The second-order valence-corrected chi connectivity index (χ2v) is 4.55. The number of nitrogens with two attached hydrogens (primary N) is 1. The smallest absolute Gasteiger partial charge is 0.0712 e. The molecule has 20 heavy (non-hydrogen) atoms. The molecule has 0 spiro atoms. The maximum Gasteiger partial charge on any atom is 0.0712 e. The fraction of sp³-hybridized carbons (Fsp3) is 0.250. The van der Waals surface area contributed by atoms with Gasteiger partial charge in [-0.1, -0.05) is 60.7 Å². The first-order valence-electron chi connectivity index (χ1n) is 6.82. The van der Waals surface area contributed by atoms with E-state index in [9.17, 15) is 0 Å². The zero-order chi connectivity index (χ0) is 14.0. The Hall–Kier alpha value is -1.72. The molecule has 0 radical (unpaired) electrons. The summed E-state index contributed by atoms with van der Waals surface area (Å²) in [6, 6.07) is 20.9. The van der Waals surface area contributed by atoms with Crippen molar-refractivity contribution in [3.8, 4) is 0 Å². The Bertz CT molecular complexity index is 436. The number of hydrazine groups is 1. The highest BCUT2D eigenvalue weighted by Crippen LogP contribution is 2.20. The molecule has 0 fully saturated rings. The van der Waals surface area contributed by atoms with Gasteiger partial charge in [0.2, 0.25) is 0 Å². The predicted molar refractivity (Wildman–Crippen MR) is 80.6 cm³/mol. The van der Waals surface area contributed by atoms with Gasteiger partial charge in [-0.05, 0) is 17.5 Å². The van der Waals surface area contributed by atoms with E-state index in [1.54, 1.807) is 0 Å². The van der Waals surface area contributed by atoms with Crippen molar-refractivity contribution in [2.24, 2.45) is 5.90 Å². The molecule has 0 amide bonds. The van der Waals surface area contributed by atoms with Crippen LogP contribution in [0.4, 0.5) is 0 Å². The van der Waals surface area contributed by atoms with Gasteiger partial charge in [0.25, 0.3) is 0 Å². The minimum atomic E-state index is 0.121. The molecule has 2 rings (SSSR count). The van der Waals surface area contributed by atoms with E-state index < -0.39 is 0 Å². The molecule has 0 atom stereocenters. The second kappa shape index (κ2) is 8.45. The molecule has 0 saturated heterocycles. The Morgan fingerprint density at radius 3 is 1.95 bits per heavy atom. The van der Waals surface area contributed by atoms with Crippen LogP contribution in [0.1, 0.15) is 23.6 Å². The van der Waals surface area contributed by atoms with E-state index in [1.807, 2.05) is 12.1 Å². The van der Waals surface area contributed by atoms with Crippen LogP contribution in [0, 0.1) is 0 Å². The van der Waals surface area contributed by atoms with Crippen LogP contribution in [0.25, 0.3) is 0 Å². The highest BCUT2D eigenvalue weighted by atomic mass is 16.6. The van der Waals surface area contributed by atoms with Gasteiger partial charge in [-0.25, -0.2) is 11.3 Å². The lowest BCUT2D eigenvalue weighted by molar-refractivity contribution is 0.134. The fourth-order valence-corrected chi connectivity index (χ4v) is 2.07. The average Bonchev–Trinajstić information content (AvgIpc) is 2.53. The highest BCUT2D eigenvalue weighted by Gasteiger charge is 2.12. The SMILES string of the molecule is NOCCCNNC(c1ccccc1)c1ccccc1. The van der Waals surface area contributed by atoms with Gasteiger partial charge in [-0.3, -0.25) is 5.43 Å². The first kappa shape index (κ1) is 14.7. The zero-order valence-electron chi connectivity index (χ0n) is 11.5. The minimum Gasteiger partial charge on any atom is -0.305 e. The van der Waals surface area contributed by atoms with Crippen LogP contribution in [0.3, 0.4) is 0 Å². The van der Waals surface area contributed by atoms with Gasteiger partial charge >= 0.3 is 0 Å². The van der Waals surface area contributed by atoms with E-state index in [1.165, 1.54) is 11.1 Å². The van der Waals surface area contributed by atoms with Gasteiger partial charge in [0.05, 0.1) is 12.6 Å². The van der Waals surface area contributed by atoms with Crippen molar-refractivity contribution in [3.05, 3.63) is 71.8 Å². The standard InChI is InChI=1S/C16H21N3O/c17-20-13-7-12-18-19-16(14-8-3-1-4-9-14)15-10-5-2-6-11-15/h1-6,8-11,16,18-19H,7,12-13,17H2. The number of benzene rings is 2. The Kier molecular flexibility index (Phi) is 6.20. The Balaban J connectivity index is 2.02. The van der Waals surface area contributed by atoms with Crippen molar-refractivity contribution >= 4 is 0 Å². The first-order chi connectivity index (χ1) is 9.92. The highest BCUT2D eigenvalue weighted by molar-refractivity contribution is 5.31. The van der Waals surface area contributed by atoms with Crippen LogP contribution in [-0.4, -0.2) is 13.2 Å². The first-order valence-corrected chi connectivity index (χ1v) is 6.82. The molecule has 0 aliphatic heterocycles. The van der Waals surface area contributed by atoms with Gasteiger partial charge in [0.15, 0.2) is 0 Å². The molecule has 0 aliphatic carbocycles. The van der Waals surface area contributed by atoms with Crippen LogP contribution in [0.5, 0.6) is 0 Å². The number of rotatable bonds is 8. The lowest BCUT2D eigenvalue weighted by atomic mass is 9.99. The lowest BCUT2D eigenvalue weighted by Gasteiger charge is -2.20. The summed E-state index contributed by atoms with van der Waals surface area (Å²) < 4.78 is 0. The van der Waals surface area contributed by atoms with E-state index in [4.69, 9.17) is 5.90 Å². The van der Waals surface area contributed by atoms with Crippen LogP contribution >= 0.6 is 0 Å². The van der Waals surface area contributed by atoms with Crippen LogP contribution < -0.4 is 16.7 Å². The van der Waals surface area contributed by atoms with Gasteiger partial charge in [0.1, 0.15) is 0 Å². The van der Waals surface area contributed by atoms with Crippen molar-refractivity contribution in [3.63, 3.8) is 0 Å². The quantitative estimate of drug-likeness (QED) is 0.508. The van der Waals surface area contributed by atoms with E-state index >= 15 is 0 Å². The molecule has 0 aromatic heterocycles. The Labute approximate surface area is 119 Å². The molecule has 4 nitrogen and oxygen atoms in total. The van der Waals surface area contributed by atoms with Crippen molar-refractivity contribution < 1.29 is 4.84 Å². The zero-order valence-corrected chi connectivity index (χ0v) is 11.5. The monoisotopic (exact) mass is 271 g/mol. The predicted octanol–water partition coefficient (Wildman–Crippen LogP) is 2.15. The molecular formula is C16H21N3O. The molecule has 0 aliphatic rings. The Morgan fingerprint density at radius 2 is 1.45 bits per heavy atom. The summed E-state index contributed by atoms with van der Waals surface area (Å²) in [5.74, 6) is 5.00. The normalized spacial score (nSPS) is 10.9.